The molecule has 0 bridgehead atoms. The minimum Gasteiger partial charge on any atom is -0.508 e. The quantitative estimate of drug-likeness (QED) is 0.141. The van der Waals surface area contributed by atoms with Crippen molar-refractivity contribution in [2.45, 2.75) is 83.3 Å². The van der Waals surface area contributed by atoms with Crippen LogP contribution in [0.3, 0.4) is 0 Å². The van der Waals surface area contributed by atoms with Crippen molar-refractivity contribution in [2.24, 2.45) is 5.73 Å². The summed E-state index contributed by atoms with van der Waals surface area (Å²) in [5.41, 5.74) is 10.2. The largest absolute Gasteiger partial charge is 0.508 e. The number of carbonyl (C=O) groups is 2. The van der Waals surface area contributed by atoms with Gasteiger partial charge in [-0.05, 0) is 90.3 Å². The van der Waals surface area contributed by atoms with Crippen LogP contribution in [0.2, 0.25) is 18.1 Å². The standard InChI is InChI=1S/C34H47N3O5Si/c1-23(36-21-30(19-34(2,3)43(4,5)42)28-13-14-31(39)29(18-28)22-38)15-25-7-6-8-26(16-25)17-32(40)37-20-24-9-11-27(12-10-24)33(35)41/h6-14,16,18,23,30,36,38-39,42H,15,17,19-22H2,1-5H3,(H2,35,41)(H,37,40)/t23-,30+/m1/s1. The molecule has 0 spiro atoms. The van der Waals surface area contributed by atoms with Gasteiger partial charge in [-0.1, -0.05) is 56.3 Å². The van der Waals surface area contributed by atoms with Gasteiger partial charge in [0.05, 0.1) is 13.0 Å². The van der Waals surface area contributed by atoms with Gasteiger partial charge in [-0.25, -0.2) is 0 Å². The van der Waals surface area contributed by atoms with Crippen LogP contribution in [0, 0.1) is 0 Å². The predicted molar refractivity (Wildman–Crippen MR) is 173 cm³/mol. The molecule has 0 heterocycles. The zero-order chi connectivity index (χ0) is 31.8. The van der Waals surface area contributed by atoms with Crippen molar-refractivity contribution < 1.29 is 24.6 Å². The monoisotopic (exact) mass is 605 g/mol. The van der Waals surface area contributed by atoms with E-state index in [1.807, 2.05) is 37.4 Å². The Morgan fingerprint density at radius 3 is 2.28 bits per heavy atom. The summed E-state index contributed by atoms with van der Waals surface area (Å²) < 4.78 is 0. The van der Waals surface area contributed by atoms with E-state index in [-0.39, 0.29) is 41.7 Å². The Bertz CT molecular complexity index is 1390. The van der Waals surface area contributed by atoms with Gasteiger partial charge >= 0.3 is 0 Å². The molecule has 8 nitrogen and oxygen atoms in total. The SMILES string of the molecule is C[C@H](Cc1cccc(CC(=O)NCc2ccc(C(N)=O)cc2)c1)NC[C@H](CC(C)(C)[Si](C)(C)O)c1ccc(O)c(CO)c1. The number of benzene rings is 3. The number of nitrogens with two attached hydrogens (primary N) is 1. The highest BCUT2D eigenvalue weighted by Crippen LogP contribution is 2.44. The van der Waals surface area contributed by atoms with E-state index < -0.39 is 14.2 Å². The topological polar surface area (TPSA) is 145 Å². The maximum absolute atomic E-state index is 12.6. The molecular weight excluding hydrogens is 558 g/mol. The number of hydrogen-bond acceptors (Lipinski definition) is 6. The van der Waals surface area contributed by atoms with Crippen LogP contribution in [0.15, 0.2) is 66.7 Å². The van der Waals surface area contributed by atoms with Gasteiger partial charge in [-0.2, -0.15) is 0 Å². The summed E-state index contributed by atoms with van der Waals surface area (Å²) in [5, 5.41) is 26.2. The molecule has 0 saturated carbocycles. The lowest BCUT2D eigenvalue weighted by Crippen LogP contribution is -2.41. The molecule has 2 amide bonds. The van der Waals surface area contributed by atoms with Crippen molar-refractivity contribution in [3.8, 4) is 5.75 Å². The molecule has 3 aromatic rings. The van der Waals surface area contributed by atoms with E-state index in [0.29, 0.717) is 24.2 Å². The van der Waals surface area contributed by atoms with Crippen LogP contribution < -0.4 is 16.4 Å². The minimum atomic E-state index is -2.46. The van der Waals surface area contributed by atoms with Crippen LogP contribution in [0.1, 0.15) is 71.3 Å². The highest BCUT2D eigenvalue weighted by atomic mass is 28.4. The van der Waals surface area contributed by atoms with Crippen molar-refractivity contribution in [2.75, 3.05) is 6.54 Å². The van der Waals surface area contributed by atoms with Gasteiger partial charge in [0.1, 0.15) is 5.75 Å². The average Bonchev–Trinajstić information content (AvgIpc) is 2.94. The molecule has 0 fully saturated rings. The smallest absolute Gasteiger partial charge is 0.248 e. The third kappa shape index (κ3) is 10.0. The molecule has 7 N–H and O–H groups in total. The van der Waals surface area contributed by atoms with Gasteiger partial charge in [-0.15, -0.1) is 0 Å². The lowest BCUT2D eigenvalue weighted by molar-refractivity contribution is -0.120. The van der Waals surface area contributed by atoms with Crippen molar-refractivity contribution in [3.05, 3.63) is 100 Å². The zero-order valence-electron chi connectivity index (χ0n) is 26.0. The van der Waals surface area contributed by atoms with Crippen LogP contribution in [0.25, 0.3) is 0 Å². The molecule has 232 valence electrons. The van der Waals surface area contributed by atoms with Gasteiger partial charge in [-0.3, -0.25) is 9.59 Å². The van der Waals surface area contributed by atoms with Crippen LogP contribution in [-0.2, 0) is 30.8 Å². The molecule has 2 atom stereocenters. The van der Waals surface area contributed by atoms with Gasteiger partial charge in [0.15, 0.2) is 8.32 Å². The number of nitrogens with one attached hydrogen (secondary N) is 2. The van der Waals surface area contributed by atoms with Crippen molar-refractivity contribution in [1.29, 1.82) is 0 Å². The number of aliphatic hydroxyl groups is 1. The van der Waals surface area contributed by atoms with Crippen LogP contribution in [0.5, 0.6) is 5.75 Å². The number of amides is 2. The van der Waals surface area contributed by atoms with Crippen molar-refractivity contribution >= 4 is 20.1 Å². The van der Waals surface area contributed by atoms with E-state index >= 15 is 0 Å². The Balaban J connectivity index is 1.60. The Labute approximate surface area is 256 Å². The first kappa shape index (κ1) is 34.0. The second-order valence-electron chi connectivity index (χ2n) is 12.7. The number of phenols is 1. The molecule has 0 saturated heterocycles. The first-order chi connectivity index (χ1) is 20.2. The van der Waals surface area contributed by atoms with Gasteiger partial charge in [0, 0.05) is 30.3 Å². The number of carbonyl (C=O) groups excluding carboxylic acids is 2. The lowest BCUT2D eigenvalue weighted by atomic mass is 9.88. The summed E-state index contributed by atoms with van der Waals surface area (Å²) in [7, 11) is -2.46. The van der Waals surface area contributed by atoms with Crippen LogP contribution in [-0.4, -0.2) is 47.7 Å². The molecule has 43 heavy (non-hydrogen) atoms. The van der Waals surface area contributed by atoms with Crippen LogP contribution in [0.4, 0.5) is 0 Å². The summed E-state index contributed by atoms with van der Waals surface area (Å²) in [6.45, 7) is 11.1. The fraction of sp³-hybridized carbons (Fsp3) is 0.412. The van der Waals surface area contributed by atoms with Gasteiger partial charge in [0.2, 0.25) is 11.8 Å². The summed E-state index contributed by atoms with van der Waals surface area (Å²) in [6, 6.07) is 20.4. The third-order valence-electron chi connectivity index (χ3n) is 8.50. The number of rotatable bonds is 15. The summed E-state index contributed by atoms with van der Waals surface area (Å²) in [6.07, 6.45) is 1.80. The Hall–Kier alpha value is -3.50. The maximum Gasteiger partial charge on any atom is 0.248 e. The molecule has 0 radical (unpaired) electrons. The fourth-order valence-electron chi connectivity index (χ4n) is 5.03. The first-order valence-corrected chi connectivity index (χ1v) is 17.7. The molecular formula is C34H47N3O5Si. The first-order valence-electron chi connectivity index (χ1n) is 14.8. The number of hydrogen-bond donors (Lipinski definition) is 6. The molecule has 0 aromatic heterocycles. The van der Waals surface area contributed by atoms with E-state index in [4.69, 9.17) is 5.73 Å². The Morgan fingerprint density at radius 2 is 1.65 bits per heavy atom. The minimum absolute atomic E-state index is 0.0734. The molecule has 0 aliphatic rings. The summed E-state index contributed by atoms with van der Waals surface area (Å²) in [4.78, 5) is 34.8. The van der Waals surface area contributed by atoms with E-state index in [2.05, 4.69) is 43.5 Å². The van der Waals surface area contributed by atoms with Crippen molar-refractivity contribution in [1.82, 2.24) is 10.6 Å². The van der Waals surface area contributed by atoms with E-state index in [1.165, 1.54) is 0 Å². The fourth-order valence-corrected chi connectivity index (χ4v) is 5.78. The normalized spacial score (nSPS) is 13.4. The highest BCUT2D eigenvalue weighted by Gasteiger charge is 2.40. The van der Waals surface area contributed by atoms with Gasteiger partial charge in [0.25, 0.3) is 0 Å². The highest BCUT2D eigenvalue weighted by molar-refractivity contribution is 6.72. The van der Waals surface area contributed by atoms with E-state index in [0.717, 1.165) is 35.1 Å². The lowest BCUT2D eigenvalue weighted by Gasteiger charge is -2.38. The average molecular weight is 606 g/mol. The molecule has 0 unspecified atom stereocenters. The summed E-state index contributed by atoms with van der Waals surface area (Å²) in [5.74, 6) is -0.414. The number of aromatic hydroxyl groups is 1. The third-order valence-corrected chi connectivity index (χ3v) is 12.0. The molecule has 9 heteroatoms. The second-order valence-corrected chi connectivity index (χ2v) is 17.2. The van der Waals surface area contributed by atoms with Gasteiger partial charge < -0.3 is 31.4 Å². The predicted octanol–water partition coefficient (Wildman–Crippen LogP) is 4.51. The maximum atomic E-state index is 12.6. The molecule has 0 aliphatic heterocycles. The second kappa shape index (κ2) is 14.8. The molecule has 3 aromatic carbocycles. The van der Waals surface area contributed by atoms with E-state index in [1.54, 1.807) is 30.3 Å². The number of aliphatic hydroxyl groups excluding tert-OH is 1. The molecule has 3 rings (SSSR count). The molecule has 0 aliphatic carbocycles. The van der Waals surface area contributed by atoms with Crippen molar-refractivity contribution in [3.63, 3.8) is 0 Å². The number of primary amides is 1. The summed E-state index contributed by atoms with van der Waals surface area (Å²) >= 11 is 0. The van der Waals surface area contributed by atoms with Crippen LogP contribution >= 0.6 is 0 Å². The Kier molecular flexibility index (Phi) is 11.7. The zero-order valence-corrected chi connectivity index (χ0v) is 27.0. The van der Waals surface area contributed by atoms with E-state index in [9.17, 15) is 24.6 Å². The Morgan fingerprint density at radius 1 is 0.977 bits per heavy atom.